The van der Waals surface area contributed by atoms with Gasteiger partial charge < -0.3 is 15.4 Å². The van der Waals surface area contributed by atoms with Gasteiger partial charge in [0.25, 0.3) is 0 Å². The van der Waals surface area contributed by atoms with Crippen LogP contribution in [0.2, 0.25) is 0 Å². The third-order valence-corrected chi connectivity index (χ3v) is 4.86. The zero-order valence-electron chi connectivity index (χ0n) is 12.6. The highest BCUT2D eigenvalue weighted by Crippen LogP contribution is 2.34. The number of hydrogen-bond donors (Lipinski definition) is 2. The lowest BCUT2D eigenvalue weighted by Crippen LogP contribution is -2.38. The van der Waals surface area contributed by atoms with E-state index in [0.717, 1.165) is 12.2 Å². The number of benzene rings is 1. The van der Waals surface area contributed by atoms with Gasteiger partial charge in [0.05, 0.1) is 12.7 Å². The van der Waals surface area contributed by atoms with Crippen LogP contribution in [0.4, 0.5) is 5.69 Å². The van der Waals surface area contributed by atoms with E-state index in [9.17, 15) is 4.79 Å². The number of methoxy groups -OCH3 is 1. The molecule has 0 amide bonds. The summed E-state index contributed by atoms with van der Waals surface area (Å²) in [5.74, 6) is 0.393. The Bertz CT molecular complexity index is 497. The normalized spacial score (nSPS) is 28.5. The lowest BCUT2D eigenvalue weighted by Gasteiger charge is -2.28. The molecule has 1 aliphatic carbocycles. The van der Waals surface area contributed by atoms with Crippen molar-refractivity contribution in [3.8, 4) is 0 Å². The number of para-hydroxylation sites is 1. The minimum Gasteiger partial charge on any atom is -0.465 e. The molecule has 0 aromatic heterocycles. The molecule has 4 heteroatoms. The van der Waals surface area contributed by atoms with E-state index in [0.29, 0.717) is 23.6 Å². The average Bonchev–Trinajstić information content (AvgIpc) is 3.17. The zero-order valence-corrected chi connectivity index (χ0v) is 12.6. The molecule has 2 fully saturated rings. The van der Waals surface area contributed by atoms with E-state index in [1.54, 1.807) is 0 Å². The van der Waals surface area contributed by atoms with E-state index < -0.39 is 0 Å². The number of rotatable bonds is 4. The third kappa shape index (κ3) is 3.05. The predicted octanol–water partition coefficient (Wildman–Crippen LogP) is 2.81. The number of esters is 1. The highest BCUT2D eigenvalue weighted by atomic mass is 16.5. The smallest absolute Gasteiger partial charge is 0.339 e. The quantitative estimate of drug-likeness (QED) is 0.837. The number of nitrogens with one attached hydrogen (secondary N) is 2. The molecule has 0 spiro atoms. The second kappa shape index (κ2) is 6.48. The highest BCUT2D eigenvalue weighted by molar-refractivity contribution is 5.95. The first kappa shape index (κ1) is 14.4. The van der Waals surface area contributed by atoms with Gasteiger partial charge >= 0.3 is 5.97 Å². The summed E-state index contributed by atoms with van der Waals surface area (Å²) >= 11 is 0. The first-order valence-electron chi connectivity index (χ1n) is 7.97. The molecule has 1 saturated carbocycles. The maximum Gasteiger partial charge on any atom is 0.339 e. The number of hydrogen-bond acceptors (Lipinski definition) is 4. The Balaban J connectivity index is 1.75. The van der Waals surface area contributed by atoms with Crippen LogP contribution in [0.25, 0.3) is 0 Å². The van der Waals surface area contributed by atoms with Crippen LogP contribution in [-0.2, 0) is 4.74 Å². The van der Waals surface area contributed by atoms with E-state index in [2.05, 4.69) is 10.6 Å². The van der Waals surface area contributed by atoms with Gasteiger partial charge in [-0.3, -0.25) is 0 Å². The van der Waals surface area contributed by atoms with Crippen LogP contribution in [0.5, 0.6) is 0 Å². The summed E-state index contributed by atoms with van der Waals surface area (Å²) in [6.07, 6.45) is 6.28. The third-order valence-electron chi connectivity index (χ3n) is 4.86. The molecule has 2 N–H and O–H groups in total. The van der Waals surface area contributed by atoms with E-state index in [1.807, 2.05) is 24.3 Å². The first-order valence-corrected chi connectivity index (χ1v) is 7.97. The topological polar surface area (TPSA) is 50.4 Å². The molecular formula is C17H24N2O2. The van der Waals surface area contributed by atoms with E-state index in [-0.39, 0.29) is 5.97 Å². The lowest BCUT2D eigenvalue weighted by molar-refractivity contribution is 0.0601. The molecule has 114 valence electrons. The molecule has 21 heavy (non-hydrogen) atoms. The Labute approximate surface area is 126 Å². The second-order valence-electron chi connectivity index (χ2n) is 6.09. The Hall–Kier alpha value is -1.55. The Morgan fingerprint density at radius 3 is 2.86 bits per heavy atom. The van der Waals surface area contributed by atoms with Crippen LogP contribution in [-0.4, -0.2) is 31.7 Å². The van der Waals surface area contributed by atoms with Crippen molar-refractivity contribution in [2.24, 2.45) is 5.92 Å². The molecule has 3 rings (SSSR count). The van der Waals surface area contributed by atoms with Crippen molar-refractivity contribution in [2.75, 3.05) is 19.0 Å². The van der Waals surface area contributed by atoms with Crippen LogP contribution < -0.4 is 10.6 Å². The van der Waals surface area contributed by atoms with Crippen LogP contribution in [0.15, 0.2) is 24.3 Å². The fourth-order valence-electron chi connectivity index (χ4n) is 3.82. The van der Waals surface area contributed by atoms with Gasteiger partial charge in [-0.15, -0.1) is 0 Å². The Morgan fingerprint density at radius 2 is 2.10 bits per heavy atom. The van der Waals surface area contributed by atoms with E-state index in [1.165, 1.54) is 39.2 Å². The van der Waals surface area contributed by atoms with Crippen LogP contribution >= 0.6 is 0 Å². The second-order valence-corrected chi connectivity index (χ2v) is 6.09. The first-order chi connectivity index (χ1) is 10.3. The minimum absolute atomic E-state index is 0.272. The summed E-state index contributed by atoms with van der Waals surface area (Å²) in [5.41, 5.74) is 1.53. The number of carbonyl (C=O) groups is 1. The van der Waals surface area contributed by atoms with Gasteiger partial charge in [-0.25, -0.2) is 4.79 Å². The van der Waals surface area contributed by atoms with Crippen LogP contribution in [0, 0.1) is 5.92 Å². The molecule has 1 saturated heterocycles. The van der Waals surface area contributed by atoms with Crippen molar-refractivity contribution in [1.82, 2.24) is 5.32 Å². The SMILES string of the molecule is COC(=O)c1ccccc1NC1CCCC1C1CCCN1. The van der Waals surface area contributed by atoms with Crippen molar-refractivity contribution in [1.29, 1.82) is 0 Å². The molecule has 1 aromatic rings. The van der Waals surface area contributed by atoms with Gasteiger partial charge in [0.1, 0.15) is 0 Å². The monoisotopic (exact) mass is 288 g/mol. The van der Waals surface area contributed by atoms with E-state index in [4.69, 9.17) is 4.74 Å². The average molecular weight is 288 g/mol. The summed E-state index contributed by atoms with van der Waals surface area (Å²) in [4.78, 5) is 11.9. The molecule has 2 aliphatic rings. The fourth-order valence-corrected chi connectivity index (χ4v) is 3.82. The zero-order chi connectivity index (χ0) is 14.7. The van der Waals surface area contributed by atoms with Gasteiger partial charge in [0, 0.05) is 17.8 Å². The molecule has 1 heterocycles. The molecule has 4 nitrogen and oxygen atoms in total. The van der Waals surface area contributed by atoms with Crippen molar-refractivity contribution in [3.63, 3.8) is 0 Å². The van der Waals surface area contributed by atoms with Crippen molar-refractivity contribution in [2.45, 2.75) is 44.2 Å². The number of ether oxygens (including phenoxy) is 1. The summed E-state index contributed by atoms with van der Waals surface area (Å²) in [5, 5.41) is 7.24. The summed E-state index contributed by atoms with van der Waals surface area (Å²) < 4.78 is 4.88. The van der Waals surface area contributed by atoms with Crippen molar-refractivity contribution < 1.29 is 9.53 Å². The van der Waals surface area contributed by atoms with E-state index >= 15 is 0 Å². The molecule has 3 atom stereocenters. The Kier molecular flexibility index (Phi) is 4.44. The molecule has 0 radical (unpaired) electrons. The maximum absolute atomic E-state index is 11.9. The molecule has 3 unspecified atom stereocenters. The molecular weight excluding hydrogens is 264 g/mol. The highest BCUT2D eigenvalue weighted by Gasteiger charge is 2.35. The standard InChI is InChI=1S/C17H24N2O2/c1-21-17(20)13-6-2-3-8-16(13)19-15-9-4-7-12(15)14-10-5-11-18-14/h2-3,6,8,12,14-15,18-19H,4-5,7,9-11H2,1H3. The van der Waals surface area contributed by atoms with Crippen LogP contribution in [0.3, 0.4) is 0 Å². The number of carbonyl (C=O) groups excluding carboxylic acids is 1. The van der Waals surface area contributed by atoms with Gasteiger partial charge in [-0.05, 0) is 50.3 Å². The van der Waals surface area contributed by atoms with Gasteiger partial charge in [0.2, 0.25) is 0 Å². The summed E-state index contributed by atoms with van der Waals surface area (Å²) in [6.45, 7) is 1.15. The summed E-state index contributed by atoms with van der Waals surface area (Å²) in [6, 6.07) is 8.73. The molecule has 0 bridgehead atoms. The fraction of sp³-hybridized carbons (Fsp3) is 0.588. The van der Waals surface area contributed by atoms with Crippen LogP contribution in [0.1, 0.15) is 42.5 Å². The molecule has 1 aliphatic heterocycles. The van der Waals surface area contributed by atoms with Crippen molar-refractivity contribution >= 4 is 11.7 Å². The summed E-state index contributed by atoms with van der Waals surface area (Å²) in [7, 11) is 1.43. The largest absolute Gasteiger partial charge is 0.465 e. The van der Waals surface area contributed by atoms with Crippen molar-refractivity contribution in [3.05, 3.63) is 29.8 Å². The lowest BCUT2D eigenvalue weighted by atomic mass is 9.92. The predicted molar refractivity (Wildman–Crippen MR) is 83.6 cm³/mol. The number of anilines is 1. The Morgan fingerprint density at radius 1 is 1.24 bits per heavy atom. The molecule has 1 aromatic carbocycles. The maximum atomic E-state index is 11.9. The van der Waals surface area contributed by atoms with Gasteiger partial charge in [-0.2, -0.15) is 0 Å². The minimum atomic E-state index is -0.272. The van der Waals surface area contributed by atoms with Gasteiger partial charge in [-0.1, -0.05) is 18.6 Å². The van der Waals surface area contributed by atoms with Gasteiger partial charge in [0.15, 0.2) is 0 Å².